The van der Waals surface area contributed by atoms with Gasteiger partial charge >= 0.3 is 0 Å². The number of hydrogen-bond acceptors (Lipinski definition) is 5. The predicted molar refractivity (Wildman–Crippen MR) is 355 cm³/mol. The average molecular weight is 1140 g/mol. The fraction of sp³-hybridized carbons (Fsp3) is 0.0250. The van der Waals surface area contributed by atoms with Crippen LogP contribution in [0.4, 0.5) is 0 Å². The Hall–Kier alpha value is -12.1. The summed E-state index contributed by atoms with van der Waals surface area (Å²) in [5.74, 6) is 0.960. The highest BCUT2D eigenvalue weighted by atomic mass is 16.5. The molecule has 6 heterocycles. The first-order valence-electron chi connectivity index (χ1n) is 36.0. The number of rotatable bonds is 6. The first kappa shape index (κ1) is 35.9. The second-order valence-electron chi connectivity index (χ2n) is 22.1. The molecule has 0 amide bonds. The second-order valence-corrected chi connectivity index (χ2v) is 22.1. The zero-order valence-electron chi connectivity index (χ0n) is 60.8. The molecule has 1 atom stereocenters. The summed E-state index contributed by atoms with van der Waals surface area (Å²) in [5, 5.41) is 30.5. The van der Waals surface area contributed by atoms with Crippen LogP contribution in [0.1, 0.15) is 49.6 Å². The molecule has 0 saturated heterocycles. The van der Waals surface area contributed by atoms with Gasteiger partial charge in [0.15, 0.2) is 0 Å². The normalized spacial score (nSPS) is 16.2. The molecule has 408 valence electrons. The molecule has 8 heteroatoms. The lowest BCUT2D eigenvalue weighted by Crippen LogP contribution is -2.13. The Kier molecular flexibility index (Phi) is 7.43. The van der Waals surface area contributed by atoms with Crippen LogP contribution in [0.2, 0.25) is 0 Å². The van der Waals surface area contributed by atoms with Gasteiger partial charge in [0, 0.05) is 49.2 Å². The van der Waals surface area contributed by atoms with Gasteiger partial charge in [-0.2, -0.15) is 10.5 Å². The third-order valence-electron chi connectivity index (χ3n) is 17.7. The van der Waals surface area contributed by atoms with Crippen molar-refractivity contribution >= 4 is 109 Å². The van der Waals surface area contributed by atoms with Gasteiger partial charge in [-0.25, -0.2) is 0 Å². The smallest absolute Gasteiger partial charge is 0.145 e. The van der Waals surface area contributed by atoms with E-state index in [1.165, 1.54) is 6.07 Å². The minimum Gasteiger partial charge on any atom is -0.460 e. The largest absolute Gasteiger partial charge is 0.460 e. The zero-order valence-corrected chi connectivity index (χ0v) is 45.8. The number of para-hydroxylation sites is 2. The summed E-state index contributed by atoms with van der Waals surface area (Å²) in [6, 6.07) is 41.5. The molecule has 19 rings (SSSR count). The third kappa shape index (κ3) is 6.66. The Bertz CT molecular complexity index is 6670. The Morgan fingerprint density at radius 1 is 0.409 bits per heavy atom. The van der Waals surface area contributed by atoms with Crippen molar-refractivity contribution in [3.63, 3.8) is 0 Å². The fourth-order valence-electron chi connectivity index (χ4n) is 14.0. The van der Waals surface area contributed by atoms with Crippen molar-refractivity contribution in [2.24, 2.45) is 0 Å². The molecule has 0 radical (unpaired) electrons. The van der Waals surface area contributed by atoms with Gasteiger partial charge in [-0.1, -0.05) is 163 Å². The van der Waals surface area contributed by atoms with Gasteiger partial charge in [0.05, 0.1) is 98.0 Å². The van der Waals surface area contributed by atoms with E-state index < -0.39 is 90.6 Å². The molecule has 0 N–H and O–H groups in total. The van der Waals surface area contributed by atoms with Gasteiger partial charge in [0.2, 0.25) is 0 Å². The van der Waals surface area contributed by atoms with E-state index in [0.29, 0.717) is 106 Å². The molecular weight excluding hydrogens is 1080 g/mol. The first-order chi connectivity index (χ1) is 49.8. The lowest BCUT2D eigenvalue weighted by Gasteiger charge is -2.24. The maximum absolute atomic E-state index is 12.2. The van der Waals surface area contributed by atoms with Crippen molar-refractivity contribution in [3.05, 3.63) is 277 Å². The van der Waals surface area contributed by atoms with Crippen LogP contribution in [0.25, 0.3) is 160 Å². The summed E-state index contributed by atoms with van der Waals surface area (Å²) in [6.07, 6.45) is 6.51. The topological polar surface area (TPSA) is 97.9 Å². The van der Waals surface area contributed by atoms with Crippen LogP contribution in [-0.4, -0.2) is 13.7 Å². The van der Waals surface area contributed by atoms with Crippen molar-refractivity contribution in [2.75, 3.05) is 0 Å². The van der Waals surface area contributed by atoms with E-state index in [1.54, 1.807) is 54.6 Å². The molecule has 0 fully saturated rings. The van der Waals surface area contributed by atoms with Gasteiger partial charge in [-0.3, -0.25) is 0 Å². The van der Waals surface area contributed by atoms with Gasteiger partial charge < -0.3 is 27.3 Å². The standard InChI is InChI=1S/C80H45N5O3/c81-44-52-40-53(45-82)76(84-64-35-29-50(47-18-6-2-7-19-47)42-61(64)73-67(84)38-32-58-55-23-11-14-26-70(55)87-79(58)73)77(85-65-36-30-51(48-20-8-3-9-21-48)43-62(65)74-68(85)39-33-59-56-24-12-15-27-71(56)88-80(59)74)75(52)83-63-34-28-49(46-16-4-1-5-17-46)41-60(63)72-66(83)37-31-57-54-22-10-13-25-69(54)86-78(57)72/h1-23,25-43,56H,24H2/i1D,2D,3D,4D,5D,6D,7D,8D,9D,16D,17D,18D,19D,20D,21D. The molecule has 1 aliphatic carbocycles. The predicted octanol–water partition coefficient (Wildman–Crippen LogP) is 20.8. The molecule has 0 spiro atoms. The molecule has 1 unspecified atom stereocenters. The van der Waals surface area contributed by atoms with Crippen LogP contribution < -0.4 is 4.74 Å². The Morgan fingerprint density at radius 3 is 1.33 bits per heavy atom. The number of ether oxygens (including phenoxy) is 1. The highest BCUT2D eigenvalue weighted by Gasteiger charge is 2.36. The summed E-state index contributed by atoms with van der Waals surface area (Å²) in [7, 11) is 0. The molecular formula is C80H45N5O3. The molecule has 0 saturated carbocycles. The highest BCUT2D eigenvalue weighted by molar-refractivity contribution is 6.27. The molecule has 2 aliphatic rings. The molecule has 17 aromatic rings. The van der Waals surface area contributed by atoms with E-state index in [1.807, 2.05) is 111 Å². The molecule has 8 nitrogen and oxygen atoms in total. The number of benzene rings is 12. The number of fused-ring (bicyclic) bond motifs is 21. The summed E-state index contributed by atoms with van der Waals surface area (Å²) in [4.78, 5) is 0. The Labute approximate surface area is 523 Å². The molecule has 12 aromatic carbocycles. The number of hydrogen-bond donors (Lipinski definition) is 0. The van der Waals surface area contributed by atoms with Crippen molar-refractivity contribution in [2.45, 2.75) is 12.3 Å². The van der Waals surface area contributed by atoms with E-state index in [2.05, 4.69) is 18.2 Å². The SMILES string of the molecule is [2H]c1c([2H])c([2H])c(-c2ccc3c(c2)c2c4c(ccc2n3-c2c(-n3c5ccc(-c6c([2H])c([2H])c([2H])c([2H])c6[2H])cc5c5c6oc7ccccc7c6ccc53)c(C#N)cc(C#N)c2-n2c3ccc(-c5c([2H])c([2H])c([2H])c([2H])c5[2H])cc3c3c5oc6ccccc6c5ccc32)C2CC=CC=C2O4)c([2H])c1[2H]. The Balaban J connectivity index is 1.04. The van der Waals surface area contributed by atoms with Crippen LogP contribution in [0.5, 0.6) is 5.75 Å². The summed E-state index contributed by atoms with van der Waals surface area (Å²) < 4.78 is 161. The van der Waals surface area contributed by atoms with E-state index in [0.717, 1.165) is 27.1 Å². The summed E-state index contributed by atoms with van der Waals surface area (Å²) in [5.41, 5.74) is 6.83. The molecule has 0 bridgehead atoms. The van der Waals surface area contributed by atoms with Crippen LogP contribution in [0.15, 0.2) is 269 Å². The lowest BCUT2D eigenvalue weighted by atomic mass is 9.91. The Morgan fingerprint density at radius 2 is 0.841 bits per heavy atom. The quantitative estimate of drug-likeness (QED) is 0.165. The van der Waals surface area contributed by atoms with Crippen LogP contribution in [-0.2, 0) is 0 Å². The van der Waals surface area contributed by atoms with Crippen molar-refractivity contribution in [1.29, 1.82) is 10.5 Å². The van der Waals surface area contributed by atoms with Crippen molar-refractivity contribution < 1.29 is 34.1 Å². The first-order valence-corrected chi connectivity index (χ1v) is 28.5. The number of furan rings is 2. The lowest BCUT2D eigenvalue weighted by molar-refractivity contribution is 0.429. The minimum absolute atomic E-state index is 0.0113. The summed E-state index contributed by atoms with van der Waals surface area (Å²) >= 11 is 0. The van der Waals surface area contributed by atoms with E-state index >= 15 is 0 Å². The van der Waals surface area contributed by atoms with Crippen LogP contribution >= 0.6 is 0 Å². The van der Waals surface area contributed by atoms with Gasteiger partial charge in [0.1, 0.15) is 46.0 Å². The maximum Gasteiger partial charge on any atom is 0.145 e. The third-order valence-corrected chi connectivity index (χ3v) is 17.7. The van der Waals surface area contributed by atoms with E-state index in [-0.39, 0.29) is 67.5 Å². The van der Waals surface area contributed by atoms with E-state index in [4.69, 9.17) is 25.9 Å². The average Bonchev–Trinajstić information content (AvgIpc) is 1.54. The van der Waals surface area contributed by atoms with Crippen molar-refractivity contribution in [3.8, 4) is 68.3 Å². The fourth-order valence-corrected chi connectivity index (χ4v) is 14.0. The number of allylic oxidation sites excluding steroid dienone is 4. The monoisotopic (exact) mass is 1140 g/mol. The highest BCUT2D eigenvalue weighted by Crippen LogP contribution is 2.54. The van der Waals surface area contributed by atoms with Gasteiger partial charge in [-0.15, -0.1) is 0 Å². The van der Waals surface area contributed by atoms with E-state index in [9.17, 15) is 18.7 Å². The zero-order chi connectivity index (χ0) is 70.9. The minimum atomic E-state index is -0.564. The molecule has 5 aromatic heterocycles. The molecule has 88 heavy (non-hydrogen) atoms. The second kappa shape index (κ2) is 18.2. The summed E-state index contributed by atoms with van der Waals surface area (Å²) in [6.45, 7) is 0. The van der Waals surface area contributed by atoms with Crippen LogP contribution in [0, 0.1) is 22.7 Å². The maximum atomic E-state index is 12.2. The van der Waals surface area contributed by atoms with Gasteiger partial charge in [0.25, 0.3) is 0 Å². The van der Waals surface area contributed by atoms with Gasteiger partial charge in [-0.05, 0) is 131 Å². The van der Waals surface area contributed by atoms with Crippen molar-refractivity contribution in [1.82, 2.24) is 13.7 Å². The van der Waals surface area contributed by atoms with Crippen LogP contribution in [0.3, 0.4) is 0 Å². The number of aromatic nitrogens is 3. The number of nitriles is 2. The number of nitrogens with zero attached hydrogens (tertiary/aromatic N) is 5. The molecule has 1 aliphatic heterocycles.